The molecular weight excluding hydrogens is 618 g/mol. The van der Waals surface area contributed by atoms with Crippen LogP contribution in [0.1, 0.15) is 67.1 Å². The third kappa shape index (κ3) is 8.57. The molecule has 2 unspecified atom stereocenters. The third-order valence-electron chi connectivity index (χ3n) is 8.42. The largest absolute Gasteiger partial charge is 0.496 e. The molecule has 48 heavy (non-hydrogen) atoms. The Hall–Kier alpha value is -4.77. The van der Waals surface area contributed by atoms with E-state index in [1.165, 1.54) is 45.3 Å². The number of methoxy groups -OCH3 is 4. The number of hydrogen-bond donors (Lipinski definition) is 1. The first kappa shape index (κ1) is 36.1. The molecule has 1 aliphatic rings. The van der Waals surface area contributed by atoms with E-state index < -0.39 is 30.1 Å². The summed E-state index contributed by atoms with van der Waals surface area (Å²) in [7, 11) is 5.97. The van der Waals surface area contributed by atoms with Crippen LogP contribution in [0.2, 0.25) is 0 Å². The molecule has 1 N–H and O–H groups in total. The molecule has 1 heterocycles. The molecule has 0 saturated carbocycles. The van der Waals surface area contributed by atoms with Gasteiger partial charge >= 0.3 is 5.97 Å². The SMILES string of the molecule is COc1cc(CCC(OC(=O)C2CCCCN2C(=O)[C@@H](O)c2cc(OC)c(OC)c(OC)c2)c2ccccc2OCC(C)=O)ccc1C. The van der Waals surface area contributed by atoms with Crippen molar-refractivity contribution in [3.63, 3.8) is 0 Å². The number of hydrogen-bond acceptors (Lipinski definition) is 10. The number of para-hydroxylation sites is 1. The van der Waals surface area contributed by atoms with Crippen LogP contribution in [0.5, 0.6) is 28.7 Å². The van der Waals surface area contributed by atoms with Crippen LogP contribution in [0.15, 0.2) is 54.6 Å². The summed E-state index contributed by atoms with van der Waals surface area (Å²) in [4.78, 5) is 41.0. The first-order valence-electron chi connectivity index (χ1n) is 15.9. The fourth-order valence-electron chi connectivity index (χ4n) is 5.87. The van der Waals surface area contributed by atoms with Gasteiger partial charge < -0.3 is 38.4 Å². The van der Waals surface area contributed by atoms with Crippen molar-refractivity contribution in [2.75, 3.05) is 41.6 Å². The number of carbonyl (C=O) groups excluding carboxylic acids is 3. The van der Waals surface area contributed by atoms with Gasteiger partial charge in [0.15, 0.2) is 23.4 Å². The molecule has 4 rings (SSSR count). The van der Waals surface area contributed by atoms with Gasteiger partial charge in [-0.15, -0.1) is 0 Å². The topological polar surface area (TPSA) is 130 Å². The third-order valence-corrected chi connectivity index (χ3v) is 8.42. The number of esters is 1. The fourth-order valence-corrected chi connectivity index (χ4v) is 5.87. The maximum atomic E-state index is 14.0. The molecule has 3 aromatic carbocycles. The van der Waals surface area contributed by atoms with Gasteiger partial charge in [0.1, 0.15) is 30.3 Å². The van der Waals surface area contributed by atoms with Crippen molar-refractivity contribution < 1.29 is 47.9 Å². The minimum Gasteiger partial charge on any atom is -0.496 e. The smallest absolute Gasteiger partial charge is 0.329 e. The molecule has 0 spiro atoms. The first-order chi connectivity index (χ1) is 23.1. The number of rotatable bonds is 15. The average Bonchev–Trinajstić information content (AvgIpc) is 3.11. The number of benzene rings is 3. The van der Waals surface area contributed by atoms with E-state index in [2.05, 4.69) is 0 Å². The number of nitrogens with zero attached hydrogens (tertiary/aromatic N) is 1. The Morgan fingerprint density at radius 3 is 2.21 bits per heavy atom. The molecule has 1 amide bonds. The van der Waals surface area contributed by atoms with E-state index in [-0.39, 0.29) is 36.0 Å². The molecule has 11 heteroatoms. The molecule has 3 aromatic rings. The lowest BCUT2D eigenvalue weighted by Gasteiger charge is -2.36. The summed E-state index contributed by atoms with van der Waals surface area (Å²) in [6, 6.07) is 15.2. The Morgan fingerprint density at radius 2 is 1.56 bits per heavy atom. The Labute approximate surface area is 281 Å². The molecule has 11 nitrogen and oxygen atoms in total. The number of Topliss-reactive ketones (excluding diaryl/α,β-unsaturated/α-hetero) is 1. The van der Waals surface area contributed by atoms with Crippen LogP contribution in [-0.4, -0.2) is 75.3 Å². The highest BCUT2D eigenvalue weighted by Gasteiger charge is 2.38. The Bertz CT molecular complexity index is 1560. The van der Waals surface area contributed by atoms with Gasteiger partial charge in [-0.25, -0.2) is 4.79 Å². The van der Waals surface area contributed by atoms with Gasteiger partial charge in [0, 0.05) is 12.1 Å². The predicted molar refractivity (Wildman–Crippen MR) is 178 cm³/mol. The quantitative estimate of drug-likeness (QED) is 0.213. The summed E-state index contributed by atoms with van der Waals surface area (Å²) >= 11 is 0. The van der Waals surface area contributed by atoms with Crippen molar-refractivity contribution in [3.05, 3.63) is 76.9 Å². The van der Waals surface area contributed by atoms with Gasteiger partial charge in [0.05, 0.1) is 28.4 Å². The van der Waals surface area contributed by atoms with Gasteiger partial charge in [0.25, 0.3) is 5.91 Å². The number of ether oxygens (including phenoxy) is 6. The maximum Gasteiger partial charge on any atom is 0.329 e. The highest BCUT2D eigenvalue weighted by Crippen LogP contribution is 2.40. The summed E-state index contributed by atoms with van der Waals surface area (Å²) in [5, 5.41) is 11.3. The molecule has 1 aliphatic heterocycles. The highest BCUT2D eigenvalue weighted by molar-refractivity contribution is 5.88. The lowest BCUT2D eigenvalue weighted by Crippen LogP contribution is -2.50. The van der Waals surface area contributed by atoms with E-state index in [1.54, 1.807) is 25.3 Å². The Morgan fingerprint density at radius 1 is 0.875 bits per heavy atom. The number of aliphatic hydroxyl groups is 1. The van der Waals surface area contributed by atoms with Crippen LogP contribution in [0.3, 0.4) is 0 Å². The summed E-state index contributed by atoms with van der Waals surface area (Å²) < 4.78 is 33.7. The molecular formula is C37H45NO10. The molecule has 3 atom stereocenters. The van der Waals surface area contributed by atoms with Crippen molar-refractivity contribution >= 4 is 17.7 Å². The van der Waals surface area contributed by atoms with E-state index >= 15 is 0 Å². The minimum atomic E-state index is -1.60. The van der Waals surface area contributed by atoms with Gasteiger partial charge in [-0.2, -0.15) is 0 Å². The molecule has 258 valence electrons. The number of aliphatic hydroxyl groups excluding tert-OH is 1. The summed E-state index contributed by atoms with van der Waals surface area (Å²) in [6.45, 7) is 3.54. The summed E-state index contributed by atoms with van der Waals surface area (Å²) in [6.07, 6.45) is 0.327. The first-order valence-corrected chi connectivity index (χ1v) is 15.9. The van der Waals surface area contributed by atoms with Crippen LogP contribution >= 0.6 is 0 Å². The van der Waals surface area contributed by atoms with Crippen molar-refractivity contribution in [3.8, 4) is 28.7 Å². The lowest BCUT2D eigenvalue weighted by atomic mass is 9.98. The van der Waals surface area contributed by atoms with Crippen molar-refractivity contribution in [1.82, 2.24) is 4.90 Å². The van der Waals surface area contributed by atoms with Crippen molar-refractivity contribution in [2.24, 2.45) is 0 Å². The second kappa shape index (κ2) is 16.9. The summed E-state index contributed by atoms with van der Waals surface area (Å²) in [5.41, 5.74) is 2.83. The van der Waals surface area contributed by atoms with Crippen molar-refractivity contribution in [2.45, 2.75) is 64.2 Å². The average molecular weight is 664 g/mol. The molecule has 0 aromatic heterocycles. The van der Waals surface area contributed by atoms with Crippen LogP contribution in [-0.2, 0) is 25.5 Å². The Balaban J connectivity index is 1.61. The highest BCUT2D eigenvalue weighted by atomic mass is 16.5. The minimum absolute atomic E-state index is 0.128. The van der Waals surface area contributed by atoms with Crippen LogP contribution in [0.25, 0.3) is 0 Å². The van der Waals surface area contributed by atoms with E-state index in [0.29, 0.717) is 49.2 Å². The predicted octanol–water partition coefficient (Wildman–Crippen LogP) is 5.33. The number of aryl methyl sites for hydroxylation is 2. The molecule has 0 aliphatic carbocycles. The number of amides is 1. The summed E-state index contributed by atoms with van der Waals surface area (Å²) in [5.74, 6) is 0.709. The normalized spacial score (nSPS) is 15.6. The number of carbonyl (C=O) groups is 3. The lowest BCUT2D eigenvalue weighted by molar-refractivity contribution is -0.164. The number of piperidine rings is 1. The van der Waals surface area contributed by atoms with E-state index in [0.717, 1.165) is 16.9 Å². The maximum absolute atomic E-state index is 14.0. The van der Waals surface area contributed by atoms with Gasteiger partial charge in [-0.3, -0.25) is 9.59 Å². The second-order valence-corrected chi connectivity index (χ2v) is 11.7. The molecule has 0 bridgehead atoms. The second-order valence-electron chi connectivity index (χ2n) is 11.7. The van der Waals surface area contributed by atoms with Crippen molar-refractivity contribution in [1.29, 1.82) is 0 Å². The standard InChI is InChI=1S/C37H45NO10/c1-23-14-15-25(19-31(23)43-3)16-17-30(27-11-7-8-13-29(27)47-22-24(2)39)48-37(42)28-12-9-10-18-38(28)36(41)34(40)26-20-32(44-4)35(46-6)33(21-26)45-5/h7-8,11,13-15,19-21,28,30,34,40H,9-10,12,16-18,22H2,1-6H3/t28?,30?,34-/m0/s1. The molecule has 1 fully saturated rings. The monoisotopic (exact) mass is 663 g/mol. The van der Waals surface area contributed by atoms with Gasteiger partial charge in [-0.05, 0) is 86.9 Å². The van der Waals surface area contributed by atoms with Crippen LogP contribution < -0.4 is 23.7 Å². The van der Waals surface area contributed by atoms with Gasteiger partial charge in [0.2, 0.25) is 5.75 Å². The zero-order valence-corrected chi connectivity index (χ0v) is 28.4. The molecule has 0 radical (unpaired) electrons. The van der Waals surface area contributed by atoms with Gasteiger partial charge in [-0.1, -0.05) is 30.3 Å². The van der Waals surface area contributed by atoms with Crippen LogP contribution in [0, 0.1) is 6.92 Å². The Kier molecular flexibility index (Phi) is 12.7. The number of likely N-dealkylation sites (tertiary alicyclic amines) is 1. The van der Waals surface area contributed by atoms with E-state index in [9.17, 15) is 19.5 Å². The number of ketones is 1. The van der Waals surface area contributed by atoms with Crippen LogP contribution in [0.4, 0.5) is 0 Å². The molecule has 1 saturated heterocycles. The van der Waals surface area contributed by atoms with E-state index in [4.69, 9.17) is 28.4 Å². The van der Waals surface area contributed by atoms with E-state index in [1.807, 2.05) is 31.2 Å². The zero-order valence-electron chi connectivity index (χ0n) is 28.4. The fraction of sp³-hybridized carbons (Fsp3) is 0.432. The zero-order chi connectivity index (χ0) is 34.8.